The van der Waals surface area contributed by atoms with Crippen molar-refractivity contribution >= 4 is 14.0 Å². The van der Waals surface area contributed by atoms with Gasteiger partial charge in [-0.15, -0.1) is 0 Å². The Morgan fingerprint density at radius 2 is 2.06 bits per heavy atom. The Labute approximate surface area is 105 Å². The molecule has 0 aromatic rings. The van der Waals surface area contributed by atoms with Gasteiger partial charge in [-0.1, -0.05) is 43.9 Å². The smallest absolute Gasteiger partial charge is 0.323 e. The van der Waals surface area contributed by atoms with Gasteiger partial charge in [0, 0.05) is 0 Å². The third-order valence-corrected chi connectivity index (χ3v) is 8.44. The molecule has 0 aliphatic carbocycles. The molecule has 0 amide bonds. The lowest BCUT2D eigenvalue weighted by Gasteiger charge is -2.31. The maximum Gasteiger partial charge on any atom is 0.323 e. The van der Waals surface area contributed by atoms with Gasteiger partial charge in [-0.25, -0.2) is 0 Å². The molecule has 0 aromatic carbocycles. The molecule has 0 radical (unpaired) electrons. The highest BCUT2D eigenvalue weighted by Gasteiger charge is 2.31. The summed E-state index contributed by atoms with van der Waals surface area (Å²) in [5, 5.41) is 9.00. The predicted octanol–water partition coefficient (Wildman–Crippen LogP) is 3.34. The van der Waals surface area contributed by atoms with E-state index in [0.29, 0.717) is 13.0 Å². The van der Waals surface area contributed by atoms with Gasteiger partial charge in [0.25, 0.3) is 0 Å². The number of esters is 1. The minimum absolute atomic E-state index is 0.330. The van der Waals surface area contributed by atoms with E-state index in [4.69, 9.17) is 10.00 Å². The molecular weight excluding hydrogens is 230 g/mol. The van der Waals surface area contributed by atoms with E-state index in [0.717, 1.165) is 6.04 Å². The number of carbonyl (C=O) groups excluding carboxylic acids is 1. The normalized spacial score (nSPS) is 20.3. The van der Waals surface area contributed by atoms with E-state index in [2.05, 4.69) is 12.6 Å². The van der Waals surface area contributed by atoms with Crippen LogP contribution in [-0.2, 0) is 9.53 Å². The van der Waals surface area contributed by atoms with Crippen molar-refractivity contribution in [2.45, 2.75) is 57.3 Å². The van der Waals surface area contributed by atoms with Gasteiger partial charge in [-0.05, 0) is 13.3 Å². The Morgan fingerprint density at radius 1 is 1.41 bits per heavy atom. The molecule has 3 nitrogen and oxygen atoms in total. The molecule has 1 saturated heterocycles. The Hall–Kier alpha value is -0.823. The summed E-state index contributed by atoms with van der Waals surface area (Å²) in [6, 6.07) is 5.93. The van der Waals surface area contributed by atoms with Gasteiger partial charge < -0.3 is 4.74 Å². The zero-order chi connectivity index (χ0) is 12.7. The summed E-state index contributed by atoms with van der Waals surface area (Å²) in [6.45, 7) is 4.57. The molecule has 1 unspecified atom stereocenters. The van der Waals surface area contributed by atoms with Crippen molar-refractivity contribution in [3.8, 4) is 6.07 Å². The maximum absolute atomic E-state index is 11.5. The zero-order valence-electron chi connectivity index (χ0n) is 11.0. The molecule has 17 heavy (non-hydrogen) atoms. The van der Waals surface area contributed by atoms with Gasteiger partial charge >= 0.3 is 5.97 Å². The van der Waals surface area contributed by atoms with Crippen LogP contribution in [0.5, 0.6) is 0 Å². The molecule has 1 fully saturated rings. The third kappa shape index (κ3) is 4.51. The summed E-state index contributed by atoms with van der Waals surface area (Å²) in [5.41, 5.74) is 0. The number of carbonyl (C=O) groups is 1. The monoisotopic (exact) mass is 253 g/mol. The van der Waals surface area contributed by atoms with Crippen molar-refractivity contribution < 1.29 is 9.53 Å². The van der Waals surface area contributed by atoms with Crippen molar-refractivity contribution in [1.29, 1.82) is 5.26 Å². The average molecular weight is 253 g/mol. The second kappa shape index (κ2) is 6.80. The SMILES string of the molecule is CCOC(=O)C(C#N)CC[Si]1(C)CCCCC1. The minimum Gasteiger partial charge on any atom is -0.465 e. The summed E-state index contributed by atoms with van der Waals surface area (Å²) in [6.07, 6.45) is 4.76. The first-order valence-corrected chi connectivity index (χ1v) is 9.80. The minimum atomic E-state index is -1.14. The van der Waals surface area contributed by atoms with Crippen molar-refractivity contribution in [3.05, 3.63) is 0 Å². The predicted molar refractivity (Wildman–Crippen MR) is 70.2 cm³/mol. The molecular formula is C13H23NO2Si. The molecule has 4 heteroatoms. The van der Waals surface area contributed by atoms with Gasteiger partial charge in [-0.2, -0.15) is 5.26 Å². The fraction of sp³-hybridized carbons (Fsp3) is 0.846. The second-order valence-corrected chi connectivity index (χ2v) is 10.5. The van der Waals surface area contributed by atoms with Crippen molar-refractivity contribution in [1.82, 2.24) is 0 Å². The van der Waals surface area contributed by atoms with Gasteiger partial charge in [0.05, 0.1) is 20.7 Å². The van der Waals surface area contributed by atoms with E-state index in [-0.39, 0.29) is 5.97 Å². The van der Waals surface area contributed by atoms with Crippen LogP contribution >= 0.6 is 0 Å². The number of nitriles is 1. The van der Waals surface area contributed by atoms with E-state index < -0.39 is 14.0 Å². The number of ether oxygens (including phenoxy) is 1. The largest absolute Gasteiger partial charge is 0.465 e. The maximum atomic E-state index is 11.5. The fourth-order valence-corrected chi connectivity index (χ4v) is 6.57. The first-order chi connectivity index (χ1) is 8.11. The first kappa shape index (κ1) is 14.2. The summed E-state index contributed by atoms with van der Waals surface area (Å²) in [4.78, 5) is 11.5. The number of hydrogen-bond donors (Lipinski definition) is 0. The second-order valence-electron chi connectivity index (χ2n) is 5.34. The Balaban J connectivity index is 2.41. The fourth-order valence-electron chi connectivity index (χ4n) is 2.63. The number of rotatable bonds is 5. The molecule has 1 heterocycles. The zero-order valence-corrected chi connectivity index (χ0v) is 12.0. The summed E-state index contributed by atoms with van der Waals surface area (Å²) in [5.74, 6) is -0.871. The van der Waals surface area contributed by atoms with Gasteiger partial charge in [0.2, 0.25) is 0 Å². The van der Waals surface area contributed by atoms with Crippen LogP contribution < -0.4 is 0 Å². The van der Waals surface area contributed by atoms with Crippen LogP contribution in [0.1, 0.15) is 32.6 Å². The van der Waals surface area contributed by atoms with Gasteiger partial charge in [0.15, 0.2) is 0 Å². The number of nitrogens with zero attached hydrogens (tertiary/aromatic N) is 1. The lowest BCUT2D eigenvalue weighted by atomic mass is 10.1. The van der Waals surface area contributed by atoms with Crippen molar-refractivity contribution in [2.75, 3.05) is 6.61 Å². The Morgan fingerprint density at radius 3 is 2.59 bits per heavy atom. The first-order valence-electron chi connectivity index (χ1n) is 6.67. The standard InChI is InChI=1S/C13H23NO2Si/c1-3-16-13(15)12(11-14)7-10-17(2)8-5-4-6-9-17/h12H,3-10H2,1-2H3. The molecule has 1 aliphatic rings. The van der Waals surface area contributed by atoms with Gasteiger partial charge in [-0.3, -0.25) is 4.79 Å². The van der Waals surface area contributed by atoms with Crippen LogP contribution in [-0.4, -0.2) is 20.7 Å². The molecule has 0 saturated carbocycles. The lowest BCUT2D eigenvalue weighted by Crippen LogP contribution is -2.33. The van der Waals surface area contributed by atoms with Crippen LogP contribution in [0.2, 0.25) is 24.7 Å². The highest BCUT2D eigenvalue weighted by atomic mass is 28.3. The van der Waals surface area contributed by atoms with Crippen LogP contribution in [0.15, 0.2) is 0 Å². The molecule has 96 valence electrons. The molecule has 0 spiro atoms. The summed E-state index contributed by atoms with van der Waals surface area (Å²) < 4.78 is 4.92. The van der Waals surface area contributed by atoms with Gasteiger partial charge in [0.1, 0.15) is 5.92 Å². The highest BCUT2D eigenvalue weighted by molar-refractivity contribution is 6.78. The van der Waals surface area contributed by atoms with Crippen molar-refractivity contribution in [2.24, 2.45) is 5.92 Å². The third-order valence-electron chi connectivity index (χ3n) is 3.82. The van der Waals surface area contributed by atoms with E-state index in [1.807, 2.05) is 0 Å². The molecule has 0 bridgehead atoms. The Kier molecular flexibility index (Phi) is 5.70. The van der Waals surface area contributed by atoms with E-state index >= 15 is 0 Å². The summed E-state index contributed by atoms with van der Waals surface area (Å²) in [7, 11) is -1.14. The molecule has 1 aliphatic heterocycles. The highest BCUT2D eigenvalue weighted by Crippen LogP contribution is 2.33. The quantitative estimate of drug-likeness (QED) is 0.557. The van der Waals surface area contributed by atoms with Crippen LogP contribution in [0.4, 0.5) is 0 Å². The van der Waals surface area contributed by atoms with Crippen LogP contribution in [0.3, 0.4) is 0 Å². The lowest BCUT2D eigenvalue weighted by molar-refractivity contribution is -0.146. The number of hydrogen-bond acceptors (Lipinski definition) is 3. The Bertz CT molecular complexity index is 292. The molecule has 0 N–H and O–H groups in total. The summed E-state index contributed by atoms with van der Waals surface area (Å²) >= 11 is 0. The molecule has 0 aromatic heterocycles. The van der Waals surface area contributed by atoms with Crippen LogP contribution in [0, 0.1) is 17.2 Å². The van der Waals surface area contributed by atoms with Crippen molar-refractivity contribution in [3.63, 3.8) is 0 Å². The van der Waals surface area contributed by atoms with E-state index in [1.165, 1.54) is 31.4 Å². The van der Waals surface area contributed by atoms with E-state index in [1.54, 1.807) is 6.92 Å². The van der Waals surface area contributed by atoms with Crippen LogP contribution in [0.25, 0.3) is 0 Å². The molecule has 1 rings (SSSR count). The topological polar surface area (TPSA) is 50.1 Å². The molecule has 1 atom stereocenters. The van der Waals surface area contributed by atoms with E-state index in [9.17, 15) is 4.79 Å². The average Bonchev–Trinajstić information content (AvgIpc) is 2.31.